The number of piperidine rings is 1. The molecular formula is C15H20BrN3O2. The van der Waals surface area contributed by atoms with E-state index in [2.05, 4.69) is 21.2 Å². The second kappa shape index (κ2) is 7.56. The number of primary amides is 1. The third kappa shape index (κ3) is 4.82. The fraction of sp³-hybridized carbons (Fsp3) is 0.467. The summed E-state index contributed by atoms with van der Waals surface area (Å²) in [7, 11) is 0. The van der Waals surface area contributed by atoms with E-state index in [9.17, 15) is 9.59 Å². The van der Waals surface area contributed by atoms with Crippen molar-refractivity contribution in [2.24, 2.45) is 5.73 Å². The molecule has 2 rings (SSSR count). The van der Waals surface area contributed by atoms with Crippen molar-refractivity contribution in [2.75, 3.05) is 19.6 Å². The minimum Gasteiger partial charge on any atom is -0.369 e. The van der Waals surface area contributed by atoms with E-state index in [1.54, 1.807) is 0 Å². The van der Waals surface area contributed by atoms with Crippen LogP contribution < -0.4 is 11.1 Å². The van der Waals surface area contributed by atoms with E-state index < -0.39 is 0 Å². The molecule has 0 unspecified atom stereocenters. The molecule has 114 valence electrons. The monoisotopic (exact) mass is 353 g/mol. The molecule has 2 amide bonds. The molecule has 0 saturated carbocycles. The fourth-order valence-corrected chi connectivity index (χ4v) is 2.84. The first kappa shape index (κ1) is 16.0. The minimum atomic E-state index is -0.302. The van der Waals surface area contributed by atoms with Crippen LogP contribution in [-0.4, -0.2) is 42.4 Å². The Morgan fingerprint density at radius 1 is 1.24 bits per heavy atom. The molecule has 0 aromatic heterocycles. The lowest BCUT2D eigenvalue weighted by Gasteiger charge is -2.31. The Balaban J connectivity index is 1.82. The normalized spacial score (nSPS) is 16.6. The third-order valence-corrected chi connectivity index (χ3v) is 4.32. The number of nitrogens with one attached hydrogen (secondary N) is 1. The van der Waals surface area contributed by atoms with Gasteiger partial charge in [0.2, 0.25) is 5.91 Å². The Bertz CT molecular complexity index is 496. The van der Waals surface area contributed by atoms with Crippen molar-refractivity contribution in [3.8, 4) is 0 Å². The zero-order chi connectivity index (χ0) is 15.2. The number of amides is 2. The van der Waals surface area contributed by atoms with E-state index in [1.165, 1.54) is 0 Å². The number of nitrogens with two attached hydrogens (primary N) is 1. The van der Waals surface area contributed by atoms with Gasteiger partial charge in [-0.2, -0.15) is 0 Å². The maximum Gasteiger partial charge on any atom is 0.251 e. The number of carbonyl (C=O) groups excluding carboxylic acids is 2. The second-order valence-corrected chi connectivity index (χ2v) is 5.88. The smallest absolute Gasteiger partial charge is 0.251 e. The van der Waals surface area contributed by atoms with Crippen LogP contribution in [0.1, 0.15) is 28.8 Å². The molecule has 5 nitrogen and oxygen atoms in total. The highest BCUT2D eigenvalue weighted by atomic mass is 79.9. The predicted octanol–water partition coefficient (Wildman–Crippen LogP) is 1.26. The van der Waals surface area contributed by atoms with Crippen LogP contribution in [0.5, 0.6) is 0 Å². The molecule has 0 atom stereocenters. The maximum absolute atomic E-state index is 12.2. The summed E-state index contributed by atoms with van der Waals surface area (Å²) in [6, 6.07) is 7.73. The molecule has 0 spiro atoms. The van der Waals surface area contributed by atoms with Crippen molar-refractivity contribution in [3.63, 3.8) is 0 Å². The highest BCUT2D eigenvalue weighted by Gasteiger charge is 2.21. The van der Waals surface area contributed by atoms with Crippen LogP contribution in [0.15, 0.2) is 24.3 Å². The van der Waals surface area contributed by atoms with Gasteiger partial charge in [-0.05, 0) is 30.5 Å². The number of hydrogen-bond donors (Lipinski definition) is 2. The summed E-state index contributed by atoms with van der Waals surface area (Å²) in [4.78, 5) is 25.1. The van der Waals surface area contributed by atoms with E-state index in [-0.39, 0.29) is 17.9 Å². The first-order valence-electron chi connectivity index (χ1n) is 7.05. The van der Waals surface area contributed by atoms with Crippen LogP contribution in [-0.2, 0) is 10.1 Å². The average Bonchev–Trinajstić information content (AvgIpc) is 2.49. The van der Waals surface area contributed by atoms with Gasteiger partial charge in [-0.1, -0.05) is 28.1 Å². The largest absolute Gasteiger partial charge is 0.369 e. The quantitative estimate of drug-likeness (QED) is 0.782. The molecule has 21 heavy (non-hydrogen) atoms. The molecule has 1 aromatic rings. The minimum absolute atomic E-state index is 0.0375. The van der Waals surface area contributed by atoms with Gasteiger partial charge in [-0.3, -0.25) is 14.5 Å². The SMILES string of the molecule is NC(=O)CN1CCC(NC(=O)c2ccc(CBr)cc2)CC1. The number of halogens is 1. The standard InChI is InChI=1S/C15H20BrN3O2/c16-9-11-1-3-12(4-2-11)15(21)18-13-5-7-19(8-6-13)10-14(17)20/h1-4,13H,5-10H2,(H2,17,20)(H,18,21). The molecule has 1 aromatic carbocycles. The van der Waals surface area contributed by atoms with Gasteiger partial charge in [-0.25, -0.2) is 0 Å². The molecule has 0 aliphatic carbocycles. The molecule has 1 saturated heterocycles. The second-order valence-electron chi connectivity index (χ2n) is 5.32. The zero-order valence-corrected chi connectivity index (χ0v) is 13.4. The highest BCUT2D eigenvalue weighted by molar-refractivity contribution is 9.08. The van der Waals surface area contributed by atoms with E-state index in [0.717, 1.165) is 36.8 Å². The van der Waals surface area contributed by atoms with Crippen LogP contribution in [0.2, 0.25) is 0 Å². The van der Waals surface area contributed by atoms with Crippen LogP contribution in [0, 0.1) is 0 Å². The molecule has 0 radical (unpaired) electrons. The lowest BCUT2D eigenvalue weighted by Crippen LogP contribution is -2.46. The van der Waals surface area contributed by atoms with Crippen molar-refractivity contribution in [1.29, 1.82) is 0 Å². The first-order valence-corrected chi connectivity index (χ1v) is 8.17. The number of rotatable bonds is 5. The zero-order valence-electron chi connectivity index (χ0n) is 11.8. The summed E-state index contributed by atoms with van der Waals surface area (Å²) in [5.41, 5.74) is 7.01. The summed E-state index contributed by atoms with van der Waals surface area (Å²) in [6.45, 7) is 1.88. The van der Waals surface area contributed by atoms with Gasteiger partial charge < -0.3 is 11.1 Å². The van der Waals surface area contributed by atoms with Crippen LogP contribution >= 0.6 is 15.9 Å². The number of likely N-dealkylation sites (tertiary alicyclic amines) is 1. The topological polar surface area (TPSA) is 75.4 Å². The molecule has 1 heterocycles. The predicted molar refractivity (Wildman–Crippen MR) is 85.2 cm³/mol. The summed E-state index contributed by atoms with van der Waals surface area (Å²) in [6.07, 6.45) is 1.69. The van der Waals surface area contributed by atoms with E-state index in [1.807, 2.05) is 29.2 Å². The molecule has 1 aliphatic heterocycles. The van der Waals surface area contributed by atoms with Gasteiger partial charge in [0.1, 0.15) is 0 Å². The molecule has 1 fully saturated rings. The van der Waals surface area contributed by atoms with Gasteiger partial charge in [0.15, 0.2) is 0 Å². The number of nitrogens with zero attached hydrogens (tertiary/aromatic N) is 1. The number of alkyl halides is 1. The lowest BCUT2D eigenvalue weighted by molar-refractivity contribution is -0.119. The molecule has 3 N–H and O–H groups in total. The Kier molecular flexibility index (Phi) is 5.76. The van der Waals surface area contributed by atoms with Crippen molar-refractivity contribution in [2.45, 2.75) is 24.2 Å². The first-order chi connectivity index (χ1) is 10.1. The van der Waals surface area contributed by atoms with E-state index >= 15 is 0 Å². The highest BCUT2D eigenvalue weighted by Crippen LogP contribution is 2.12. The summed E-state index contributed by atoms with van der Waals surface area (Å²) in [5, 5.41) is 3.84. The van der Waals surface area contributed by atoms with Gasteiger partial charge in [0.25, 0.3) is 5.91 Å². The average molecular weight is 354 g/mol. The van der Waals surface area contributed by atoms with Gasteiger partial charge in [0, 0.05) is 30.0 Å². The van der Waals surface area contributed by atoms with Gasteiger partial charge in [0.05, 0.1) is 6.54 Å². The summed E-state index contributed by atoms with van der Waals surface area (Å²) in [5.74, 6) is -0.339. The van der Waals surface area contributed by atoms with Crippen LogP contribution in [0.3, 0.4) is 0 Å². The Labute approximate surface area is 133 Å². The van der Waals surface area contributed by atoms with Crippen LogP contribution in [0.25, 0.3) is 0 Å². The number of benzene rings is 1. The van der Waals surface area contributed by atoms with Crippen molar-refractivity contribution >= 4 is 27.7 Å². The molecular weight excluding hydrogens is 334 g/mol. The summed E-state index contributed by atoms with van der Waals surface area (Å²) < 4.78 is 0. The van der Waals surface area contributed by atoms with Gasteiger partial charge in [-0.15, -0.1) is 0 Å². The molecule has 0 bridgehead atoms. The van der Waals surface area contributed by atoms with Crippen molar-refractivity contribution < 1.29 is 9.59 Å². The summed E-state index contributed by atoms with van der Waals surface area (Å²) >= 11 is 3.38. The third-order valence-electron chi connectivity index (χ3n) is 3.67. The Morgan fingerprint density at radius 2 is 1.86 bits per heavy atom. The number of hydrogen-bond acceptors (Lipinski definition) is 3. The fourth-order valence-electron chi connectivity index (χ4n) is 2.47. The van der Waals surface area contributed by atoms with E-state index in [0.29, 0.717) is 12.1 Å². The molecule has 6 heteroatoms. The Hall–Kier alpha value is -1.40. The van der Waals surface area contributed by atoms with Crippen LogP contribution in [0.4, 0.5) is 0 Å². The lowest BCUT2D eigenvalue weighted by atomic mass is 10.0. The van der Waals surface area contributed by atoms with Crippen molar-refractivity contribution in [3.05, 3.63) is 35.4 Å². The number of carbonyl (C=O) groups is 2. The van der Waals surface area contributed by atoms with Gasteiger partial charge >= 0.3 is 0 Å². The molecule has 1 aliphatic rings. The van der Waals surface area contributed by atoms with Crippen molar-refractivity contribution in [1.82, 2.24) is 10.2 Å². The maximum atomic E-state index is 12.2. The Morgan fingerprint density at radius 3 is 2.38 bits per heavy atom. The van der Waals surface area contributed by atoms with E-state index in [4.69, 9.17) is 5.73 Å².